The normalized spacial score (nSPS) is 11.9. The lowest BCUT2D eigenvalue weighted by molar-refractivity contribution is 0.0696. The van der Waals surface area contributed by atoms with Gasteiger partial charge in [-0.3, -0.25) is 9.79 Å². The van der Waals surface area contributed by atoms with Gasteiger partial charge in [0.2, 0.25) is 0 Å². The monoisotopic (exact) mass is 482 g/mol. The van der Waals surface area contributed by atoms with Gasteiger partial charge in [-0.15, -0.1) is 0 Å². The smallest absolute Gasteiger partial charge is 0.337 e. The number of hydrogen-bond donors (Lipinski definition) is 2. The molecule has 0 aromatic heterocycles. The molecular weight excluding hydrogens is 463 g/mol. The Bertz CT molecular complexity index is 1510. The number of carboxylic acids is 1. The van der Waals surface area contributed by atoms with Crippen molar-refractivity contribution in [1.82, 2.24) is 0 Å². The minimum atomic E-state index is -1.24. The Balaban J connectivity index is 2.33. The molecule has 2 aliphatic rings. The molecule has 0 radical (unpaired) electrons. The van der Waals surface area contributed by atoms with Gasteiger partial charge in [0.25, 0.3) is 0 Å². The van der Waals surface area contributed by atoms with Crippen LogP contribution in [0.3, 0.4) is 0 Å². The molecule has 0 unspecified atom stereocenters. The molecular formula is C25H20Cl2N2O4. The van der Waals surface area contributed by atoms with E-state index in [1.165, 1.54) is 6.07 Å². The van der Waals surface area contributed by atoms with Crippen molar-refractivity contribution in [1.29, 1.82) is 0 Å². The quantitative estimate of drug-likeness (QED) is 0.266. The highest BCUT2D eigenvalue weighted by atomic mass is 35.5. The van der Waals surface area contributed by atoms with E-state index in [9.17, 15) is 14.7 Å². The molecule has 8 heteroatoms. The Kier molecular flexibility index (Phi) is 5.91. The van der Waals surface area contributed by atoms with Crippen molar-refractivity contribution < 1.29 is 19.1 Å². The van der Waals surface area contributed by atoms with E-state index in [0.29, 0.717) is 34.1 Å². The first-order valence-corrected chi connectivity index (χ1v) is 10.8. The summed E-state index contributed by atoms with van der Waals surface area (Å²) in [4.78, 5) is 28.3. The van der Waals surface area contributed by atoms with Crippen LogP contribution in [0.1, 0.15) is 31.8 Å². The average molecular weight is 483 g/mol. The van der Waals surface area contributed by atoms with E-state index in [2.05, 4.69) is 10.3 Å². The number of anilines is 1. The zero-order chi connectivity index (χ0) is 24.0. The van der Waals surface area contributed by atoms with Gasteiger partial charge in [0.05, 0.1) is 21.0 Å². The SMILES string of the molecule is C/N=c1/cc2oc3cc(NC)c(C)cc3c(-c3c(Cl)c(C(=O)O)cc(Cl)c3C=O)c-2cc1C. The van der Waals surface area contributed by atoms with E-state index in [0.717, 1.165) is 22.2 Å². The second kappa shape index (κ2) is 8.54. The maximum absolute atomic E-state index is 12.1. The Morgan fingerprint density at radius 3 is 2.42 bits per heavy atom. The second-order valence-corrected chi connectivity index (χ2v) is 8.47. The van der Waals surface area contributed by atoms with Crippen molar-refractivity contribution in [3.05, 3.63) is 68.0 Å². The predicted molar refractivity (Wildman–Crippen MR) is 131 cm³/mol. The van der Waals surface area contributed by atoms with Gasteiger partial charge < -0.3 is 14.8 Å². The first kappa shape index (κ1) is 22.8. The fraction of sp³-hybridized carbons (Fsp3) is 0.160. The molecule has 1 aliphatic carbocycles. The van der Waals surface area contributed by atoms with Crippen molar-refractivity contribution in [2.75, 3.05) is 19.4 Å². The van der Waals surface area contributed by atoms with Crippen LogP contribution in [0.5, 0.6) is 0 Å². The molecule has 0 saturated heterocycles. The highest BCUT2D eigenvalue weighted by Crippen LogP contribution is 2.47. The predicted octanol–water partition coefficient (Wildman–Crippen LogP) is 6.21. The van der Waals surface area contributed by atoms with Gasteiger partial charge in [0, 0.05) is 59.6 Å². The van der Waals surface area contributed by atoms with Crippen LogP contribution in [-0.2, 0) is 0 Å². The van der Waals surface area contributed by atoms with Crippen molar-refractivity contribution >= 4 is 52.1 Å². The Hall–Kier alpha value is -3.35. The number of rotatable bonds is 4. The fourth-order valence-electron chi connectivity index (χ4n) is 4.12. The summed E-state index contributed by atoms with van der Waals surface area (Å²) >= 11 is 13.0. The van der Waals surface area contributed by atoms with Crippen molar-refractivity contribution in [2.24, 2.45) is 4.99 Å². The Morgan fingerprint density at radius 2 is 1.82 bits per heavy atom. The molecule has 1 heterocycles. The third-order valence-corrected chi connectivity index (χ3v) is 6.45. The first-order valence-electron chi connectivity index (χ1n) is 10.0. The number of halogens is 2. The number of fused-ring (bicyclic) bond motifs is 2. The number of aromatic carboxylic acids is 1. The van der Waals surface area contributed by atoms with Crippen LogP contribution in [0.4, 0.5) is 5.69 Å². The number of aryl methyl sites for hydroxylation is 2. The Labute approximate surface area is 199 Å². The summed E-state index contributed by atoms with van der Waals surface area (Å²) in [6.45, 7) is 3.85. The number of carbonyl (C=O) groups excluding carboxylic acids is 1. The highest BCUT2D eigenvalue weighted by molar-refractivity contribution is 6.40. The molecule has 0 bridgehead atoms. The summed E-state index contributed by atoms with van der Waals surface area (Å²) in [6, 6.07) is 8.67. The third kappa shape index (κ3) is 3.65. The van der Waals surface area contributed by atoms with E-state index in [1.54, 1.807) is 7.05 Å². The molecule has 4 rings (SSSR count). The minimum Gasteiger partial charge on any atom is -0.478 e. The number of carboxylic acid groups (broad SMARTS) is 1. The first-order chi connectivity index (χ1) is 15.7. The number of hydrogen-bond acceptors (Lipinski definition) is 5. The number of carbonyl (C=O) groups is 2. The topological polar surface area (TPSA) is 91.9 Å². The molecule has 33 heavy (non-hydrogen) atoms. The molecule has 0 fully saturated rings. The molecule has 2 aromatic rings. The largest absolute Gasteiger partial charge is 0.478 e. The summed E-state index contributed by atoms with van der Waals surface area (Å²) in [5.74, 6) is -0.730. The lowest BCUT2D eigenvalue weighted by atomic mass is 9.88. The summed E-state index contributed by atoms with van der Waals surface area (Å²) in [5.41, 5.74) is 4.61. The molecule has 0 spiro atoms. The van der Waals surface area contributed by atoms with Crippen LogP contribution in [0, 0.1) is 13.8 Å². The fourth-order valence-corrected chi connectivity index (χ4v) is 4.70. The molecule has 6 nitrogen and oxygen atoms in total. The van der Waals surface area contributed by atoms with E-state index in [1.807, 2.05) is 45.2 Å². The van der Waals surface area contributed by atoms with Crippen LogP contribution in [0.25, 0.3) is 33.4 Å². The van der Waals surface area contributed by atoms with E-state index >= 15 is 0 Å². The molecule has 0 saturated carbocycles. The van der Waals surface area contributed by atoms with E-state index in [4.69, 9.17) is 27.6 Å². The van der Waals surface area contributed by atoms with Crippen molar-refractivity contribution in [3.63, 3.8) is 0 Å². The van der Waals surface area contributed by atoms with Crippen molar-refractivity contribution in [2.45, 2.75) is 13.8 Å². The summed E-state index contributed by atoms with van der Waals surface area (Å²) in [7, 11) is 3.50. The van der Waals surface area contributed by atoms with E-state index in [-0.39, 0.29) is 26.7 Å². The summed E-state index contributed by atoms with van der Waals surface area (Å²) < 4.78 is 6.24. The molecule has 0 amide bonds. The zero-order valence-corrected chi connectivity index (χ0v) is 19.9. The van der Waals surface area contributed by atoms with Crippen LogP contribution in [0.2, 0.25) is 10.0 Å². The number of nitrogens with one attached hydrogen (secondary N) is 1. The van der Waals surface area contributed by atoms with E-state index < -0.39 is 5.97 Å². The van der Waals surface area contributed by atoms with Gasteiger partial charge in [0.15, 0.2) is 6.29 Å². The maximum Gasteiger partial charge on any atom is 0.337 e. The van der Waals surface area contributed by atoms with Crippen LogP contribution < -0.4 is 10.7 Å². The summed E-state index contributed by atoms with van der Waals surface area (Å²) in [5, 5.41) is 14.2. The zero-order valence-electron chi connectivity index (χ0n) is 18.3. The van der Waals surface area contributed by atoms with Gasteiger partial charge in [0.1, 0.15) is 11.3 Å². The number of aldehydes is 1. The van der Waals surface area contributed by atoms with Crippen LogP contribution in [0.15, 0.2) is 39.7 Å². The lowest BCUT2D eigenvalue weighted by Crippen LogP contribution is -2.09. The second-order valence-electron chi connectivity index (χ2n) is 7.68. The maximum atomic E-state index is 12.1. The van der Waals surface area contributed by atoms with Crippen molar-refractivity contribution in [3.8, 4) is 22.5 Å². The molecule has 0 atom stereocenters. The lowest BCUT2D eigenvalue weighted by Gasteiger charge is -2.20. The third-order valence-electron chi connectivity index (χ3n) is 5.75. The molecule has 2 N–H and O–H groups in total. The highest BCUT2D eigenvalue weighted by Gasteiger charge is 2.27. The minimum absolute atomic E-state index is 0.00404. The van der Waals surface area contributed by atoms with Crippen LogP contribution >= 0.6 is 23.2 Å². The number of benzene rings is 3. The molecule has 2 aromatic carbocycles. The van der Waals surface area contributed by atoms with Gasteiger partial charge in [-0.1, -0.05) is 23.2 Å². The van der Waals surface area contributed by atoms with Gasteiger partial charge in [-0.2, -0.15) is 0 Å². The Morgan fingerprint density at radius 1 is 1.09 bits per heavy atom. The van der Waals surface area contributed by atoms with Crippen LogP contribution in [-0.4, -0.2) is 31.5 Å². The standard InChI is InChI=1S/C25H20Cl2N2O4/c1-11-5-13-20(8-18(11)28-3)33-21-9-19(29-4)12(2)6-14(21)22(13)23-16(10-30)17(26)7-15(24(23)27)25(31)32/h5-10,28H,1-4H3,(H,31,32)/b29-19-. The number of nitrogens with zero attached hydrogens (tertiary/aromatic N) is 1. The summed E-state index contributed by atoms with van der Waals surface area (Å²) in [6.07, 6.45) is 0.592. The molecule has 1 aliphatic heterocycles. The van der Waals surface area contributed by atoms with Gasteiger partial charge in [-0.25, -0.2) is 4.79 Å². The van der Waals surface area contributed by atoms with Gasteiger partial charge in [-0.05, 0) is 43.2 Å². The average Bonchev–Trinajstić information content (AvgIpc) is 2.78. The molecule has 168 valence electrons. The van der Waals surface area contributed by atoms with Gasteiger partial charge >= 0.3 is 5.97 Å².